The minimum Gasteiger partial charge on any atom is -0.508 e. The van der Waals surface area contributed by atoms with E-state index in [-0.39, 0.29) is 18.1 Å². The molecule has 0 fully saturated rings. The first-order valence-electron chi connectivity index (χ1n) is 5.52. The minimum absolute atomic E-state index is 0.0472. The van der Waals surface area contributed by atoms with Crippen LogP contribution in [0, 0.1) is 11.3 Å². The van der Waals surface area contributed by atoms with Crippen LogP contribution in [0.15, 0.2) is 12.1 Å². The molecule has 0 heterocycles. The van der Waals surface area contributed by atoms with Gasteiger partial charge in [-0.25, -0.2) is 0 Å². The summed E-state index contributed by atoms with van der Waals surface area (Å²) in [4.78, 5) is 11.4. The molecule has 0 aliphatic carbocycles. The SMILES string of the molecule is CCOC(=O)Cc1c(C#N)cc(O)cc1CC. The van der Waals surface area contributed by atoms with Crippen LogP contribution in [-0.4, -0.2) is 17.7 Å². The van der Waals surface area contributed by atoms with Gasteiger partial charge in [-0.1, -0.05) is 6.92 Å². The zero-order chi connectivity index (χ0) is 12.8. The van der Waals surface area contributed by atoms with Crippen molar-refractivity contribution in [2.24, 2.45) is 0 Å². The second kappa shape index (κ2) is 5.90. The third-order valence-corrected chi connectivity index (χ3v) is 2.45. The van der Waals surface area contributed by atoms with Gasteiger partial charge in [0.05, 0.1) is 24.7 Å². The van der Waals surface area contributed by atoms with E-state index in [0.717, 1.165) is 5.56 Å². The number of esters is 1. The number of carbonyl (C=O) groups excluding carboxylic acids is 1. The van der Waals surface area contributed by atoms with Crippen molar-refractivity contribution >= 4 is 5.97 Å². The summed E-state index contributed by atoms with van der Waals surface area (Å²) in [6.07, 6.45) is 0.720. The van der Waals surface area contributed by atoms with Gasteiger partial charge < -0.3 is 9.84 Å². The highest BCUT2D eigenvalue weighted by molar-refractivity contribution is 5.74. The van der Waals surface area contributed by atoms with Crippen molar-refractivity contribution in [2.75, 3.05) is 6.61 Å². The number of ether oxygens (including phenoxy) is 1. The van der Waals surface area contributed by atoms with Crippen LogP contribution in [0.1, 0.15) is 30.5 Å². The quantitative estimate of drug-likeness (QED) is 0.807. The van der Waals surface area contributed by atoms with E-state index in [1.54, 1.807) is 13.0 Å². The lowest BCUT2D eigenvalue weighted by molar-refractivity contribution is -0.142. The fraction of sp³-hybridized carbons (Fsp3) is 0.385. The molecule has 17 heavy (non-hydrogen) atoms. The third kappa shape index (κ3) is 3.22. The molecule has 0 radical (unpaired) electrons. The van der Waals surface area contributed by atoms with E-state index in [1.807, 2.05) is 13.0 Å². The number of phenolic OH excluding ortho intramolecular Hbond substituents is 1. The average Bonchev–Trinajstić information content (AvgIpc) is 2.31. The molecule has 1 N–H and O–H groups in total. The van der Waals surface area contributed by atoms with Crippen LogP contribution < -0.4 is 0 Å². The summed E-state index contributed by atoms with van der Waals surface area (Å²) in [6, 6.07) is 4.94. The van der Waals surface area contributed by atoms with Gasteiger partial charge in [-0.15, -0.1) is 0 Å². The van der Waals surface area contributed by atoms with Crippen LogP contribution in [0.3, 0.4) is 0 Å². The van der Waals surface area contributed by atoms with E-state index in [1.165, 1.54) is 6.07 Å². The Hall–Kier alpha value is -2.02. The van der Waals surface area contributed by atoms with Crippen molar-refractivity contribution in [1.29, 1.82) is 5.26 Å². The Morgan fingerprint density at radius 2 is 2.18 bits per heavy atom. The number of hydrogen-bond acceptors (Lipinski definition) is 4. The molecule has 1 rings (SSSR count). The molecule has 0 aliphatic heterocycles. The molecule has 0 aliphatic rings. The van der Waals surface area contributed by atoms with Gasteiger partial charge in [0.2, 0.25) is 0 Å². The largest absolute Gasteiger partial charge is 0.508 e. The molecule has 0 saturated carbocycles. The molecule has 1 aromatic carbocycles. The van der Waals surface area contributed by atoms with Gasteiger partial charge in [0.15, 0.2) is 0 Å². The van der Waals surface area contributed by atoms with Crippen molar-refractivity contribution in [1.82, 2.24) is 0 Å². The van der Waals surface area contributed by atoms with Crippen LogP contribution in [0.4, 0.5) is 0 Å². The van der Waals surface area contributed by atoms with E-state index >= 15 is 0 Å². The normalized spacial score (nSPS) is 9.71. The second-order valence-corrected chi connectivity index (χ2v) is 3.58. The maximum absolute atomic E-state index is 11.4. The molecule has 0 spiro atoms. The number of aryl methyl sites for hydroxylation is 1. The highest BCUT2D eigenvalue weighted by atomic mass is 16.5. The summed E-state index contributed by atoms with van der Waals surface area (Å²) in [6.45, 7) is 3.96. The zero-order valence-corrected chi connectivity index (χ0v) is 9.99. The molecule has 1 aromatic rings. The lowest BCUT2D eigenvalue weighted by Gasteiger charge is -2.10. The molecule has 4 heteroatoms. The fourth-order valence-electron chi connectivity index (χ4n) is 1.70. The lowest BCUT2D eigenvalue weighted by atomic mass is 9.96. The number of benzene rings is 1. The average molecular weight is 233 g/mol. The molecule has 0 amide bonds. The lowest BCUT2D eigenvalue weighted by Crippen LogP contribution is -2.10. The van der Waals surface area contributed by atoms with Gasteiger partial charge in [0, 0.05) is 0 Å². The van der Waals surface area contributed by atoms with E-state index in [4.69, 9.17) is 10.00 Å². The first kappa shape index (κ1) is 13.0. The van der Waals surface area contributed by atoms with Gasteiger partial charge >= 0.3 is 5.97 Å². The maximum Gasteiger partial charge on any atom is 0.310 e. The van der Waals surface area contributed by atoms with Gasteiger partial charge in [0.25, 0.3) is 0 Å². The predicted octanol–water partition coefficient (Wildman–Crippen LogP) is 1.93. The Morgan fingerprint density at radius 3 is 2.71 bits per heavy atom. The standard InChI is InChI=1S/C13H15NO3/c1-3-9-5-11(15)6-10(8-14)12(9)7-13(16)17-4-2/h5-6,15H,3-4,7H2,1-2H3. The van der Waals surface area contributed by atoms with Crippen molar-refractivity contribution in [2.45, 2.75) is 26.7 Å². The molecule has 0 aromatic heterocycles. The first-order valence-corrected chi connectivity index (χ1v) is 5.52. The topological polar surface area (TPSA) is 70.3 Å². The van der Waals surface area contributed by atoms with E-state index in [0.29, 0.717) is 24.2 Å². The summed E-state index contributed by atoms with van der Waals surface area (Å²) < 4.78 is 4.86. The number of phenols is 1. The van der Waals surface area contributed by atoms with Crippen LogP contribution in [0.2, 0.25) is 0 Å². The van der Waals surface area contributed by atoms with Crippen LogP contribution in [-0.2, 0) is 22.4 Å². The number of aromatic hydroxyl groups is 1. The predicted molar refractivity (Wildman–Crippen MR) is 62.5 cm³/mol. The van der Waals surface area contributed by atoms with Crippen molar-refractivity contribution in [3.05, 3.63) is 28.8 Å². The van der Waals surface area contributed by atoms with Gasteiger partial charge in [-0.2, -0.15) is 5.26 Å². The molecule has 4 nitrogen and oxygen atoms in total. The minimum atomic E-state index is -0.357. The number of hydrogen-bond donors (Lipinski definition) is 1. The second-order valence-electron chi connectivity index (χ2n) is 3.58. The number of carbonyl (C=O) groups is 1. The van der Waals surface area contributed by atoms with Gasteiger partial charge in [0.1, 0.15) is 5.75 Å². The van der Waals surface area contributed by atoms with Crippen molar-refractivity contribution < 1.29 is 14.6 Å². The monoisotopic (exact) mass is 233 g/mol. The number of rotatable bonds is 4. The highest BCUT2D eigenvalue weighted by Gasteiger charge is 2.14. The first-order chi connectivity index (χ1) is 8.12. The molecule has 0 atom stereocenters. The maximum atomic E-state index is 11.4. The van der Waals surface area contributed by atoms with Gasteiger partial charge in [-0.05, 0) is 36.6 Å². The Kier molecular flexibility index (Phi) is 4.53. The van der Waals surface area contributed by atoms with Crippen LogP contribution >= 0.6 is 0 Å². The summed E-state index contributed by atoms with van der Waals surface area (Å²) in [5.41, 5.74) is 1.77. The molecule has 0 saturated heterocycles. The summed E-state index contributed by atoms with van der Waals surface area (Å²) in [5.74, 6) is -0.310. The van der Waals surface area contributed by atoms with E-state index in [9.17, 15) is 9.90 Å². The molecule has 0 bridgehead atoms. The Bertz CT molecular complexity index is 460. The van der Waals surface area contributed by atoms with Crippen molar-refractivity contribution in [3.63, 3.8) is 0 Å². The number of nitriles is 1. The highest BCUT2D eigenvalue weighted by Crippen LogP contribution is 2.22. The van der Waals surface area contributed by atoms with E-state index < -0.39 is 0 Å². The summed E-state index contributed by atoms with van der Waals surface area (Å²) in [5, 5.41) is 18.4. The third-order valence-electron chi connectivity index (χ3n) is 2.45. The summed E-state index contributed by atoms with van der Waals surface area (Å²) >= 11 is 0. The fourth-order valence-corrected chi connectivity index (χ4v) is 1.70. The number of nitrogens with zero attached hydrogens (tertiary/aromatic N) is 1. The van der Waals surface area contributed by atoms with Crippen LogP contribution in [0.5, 0.6) is 5.75 Å². The Balaban J connectivity index is 3.12. The smallest absolute Gasteiger partial charge is 0.310 e. The Morgan fingerprint density at radius 1 is 1.47 bits per heavy atom. The molecule has 90 valence electrons. The van der Waals surface area contributed by atoms with Gasteiger partial charge in [-0.3, -0.25) is 4.79 Å². The molecular weight excluding hydrogens is 218 g/mol. The summed E-state index contributed by atoms with van der Waals surface area (Å²) in [7, 11) is 0. The van der Waals surface area contributed by atoms with E-state index in [2.05, 4.69) is 0 Å². The zero-order valence-electron chi connectivity index (χ0n) is 9.99. The molecule has 0 unspecified atom stereocenters. The van der Waals surface area contributed by atoms with Crippen molar-refractivity contribution in [3.8, 4) is 11.8 Å². The van der Waals surface area contributed by atoms with Crippen LogP contribution in [0.25, 0.3) is 0 Å². The Labute approximate surface area is 100 Å². The molecular formula is C13H15NO3.